The Morgan fingerprint density at radius 1 is 1.17 bits per heavy atom. The molecule has 29 heavy (non-hydrogen) atoms. The van der Waals surface area contributed by atoms with E-state index in [4.69, 9.17) is 16.3 Å². The number of rotatable bonds is 6. The molecule has 2 aliphatic rings. The maximum Gasteiger partial charge on any atom is 0.224 e. The van der Waals surface area contributed by atoms with Gasteiger partial charge in [0.1, 0.15) is 0 Å². The standard InChI is InChI=1S/C23H28ClN3O2/c24-20-5-3-18(4-6-20)14-22(28)26-16-21-7-8-23(29-21)9-12-27(13-10-23)17-19-2-1-11-25-15-19/h1-6,11,15,21H,7-10,12-14,16-17H2,(H,26,28)/t21-/m0/s1. The highest BCUT2D eigenvalue weighted by Crippen LogP contribution is 2.39. The van der Waals surface area contributed by atoms with Crippen LogP contribution >= 0.6 is 11.6 Å². The zero-order chi connectivity index (χ0) is 20.1. The summed E-state index contributed by atoms with van der Waals surface area (Å²) in [5, 5.41) is 3.72. The first-order valence-corrected chi connectivity index (χ1v) is 10.8. The van der Waals surface area contributed by atoms with E-state index < -0.39 is 0 Å². The van der Waals surface area contributed by atoms with Crippen LogP contribution in [0.25, 0.3) is 0 Å². The SMILES string of the molecule is O=C(Cc1ccc(Cl)cc1)NC[C@@H]1CCC2(CCN(Cc3cccnc3)CC2)O1. The number of amides is 1. The van der Waals surface area contributed by atoms with E-state index in [1.54, 1.807) is 0 Å². The fraction of sp³-hybridized carbons (Fsp3) is 0.478. The van der Waals surface area contributed by atoms with Gasteiger partial charge in [-0.1, -0.05) is 29.8 Å². The van der Waals surface area contributed by atoms with Crippen LogP contribution in [0.3, 0.4) is 0 Å². The van der Waals surface area contributed by atoms with Crippen LogP contribution in [0.15, 0.2) is 48.8 Å². The number of carbonyl (C=O) groups excluding carboxylic acids is 1. The number of ether oxygens (including phenoxy) is 1. The minimum absolute atomic E-state index is 0.00297. The van der Waals surface area contributed by atoms with Gasteiger partial charge in [-0.3, -0.25) is 14.7 Å². The molecule has 0 unspecified atom stereocenters. The molecule has 1 spiro atoms. The van der Waals surface area contributed by atoms with Crippen molar-refractivity contribution in [3.05, 3.63) is 64.9 Å². The first-order valence-electron chi connectivity index (χ1n) is 10.4. The summed E-state index contributed by atoms with van der Waals surface area (Å²) in [5.41, 5.74) is 2.23. The molecule has 1 atom stereocenters. The van der Waals surface area contributed by atoms with E-state index in [1.807, 2.05) is 42.7 Å². The molecule has 2 aromatic rings. The third kappa shape index (κ3) is 5.56. The maximum atomic E-state index is 12.2. The minimum Gasteiger partial charge on any atom is -0.370 e. The molecule has 154 valence electrons. The first-order chi connectivity index (χ1) is 14.1. The van der Waals surface area contributed by atoms with E-state index in [9.17, 15) is 4.79 Å². The predicted octanol–water partition coefficient (Wildman–Crippen LogP) is 3.61. The first kappa shape index (κ1) is 20.3. The van der Waals surface area contributed by atoms with Crippen molar-refractivity contribution >= 4 is 17.5 Å². The van der Waals surface area contributed by atoms with Gasteiger partial charge in [-0.2, -0.15) is 0 Å². The van der Waals surface area contributed by atoms with Crippen LogP contribution in [0, 0.1) is 0 Å². The van der Waals surface area contributed by atoms with Crippen LogP contribution in [0.2, 0.25) is 5.02 Å². The van der Waals surface area contributed by atoms with Gasteiger partial charge in [-0.05, 0) is 55.0 Å². The van der Waals surface area contributed by atoms with Crippen LogP contribution in [0.4, 0.5) is 0 Å². The van der Waals surface area contributed by atoms with E-state index in [0.29, 0.717) is 18.0 Å². The zero-order valence-electron chi connectivity index (χ0n) is 16.6. The van der Waals surface area contributed by atoms with Crippen LogP contribution in [0.5, 0.6) is 0 Å². The topological polar surface area (TPSA) is 54.5 Å². The average Bonchev–Trinajstić information content (AvgIpc) is 3.14. The Morgan fingerprint density at radius 3 is 2.69 bits per heavy atom. The van der Waals surface area contributed by atoms with Crippen LogP contribution in [-0.4, -0.2) is 47.1 Å². The Balaban J connectivity index is 1.19. The number of halogens is 1. The van der Waals surface area contributed by atoms with Gasteiger partial charge in [0.25, 0.3) is 0 Å². The van der Waals surface area contributed by atoms with Crippen molar-refractivity contribution in [1.82, 2.24) is 15.2 Å². The monoisotopic (exact) mass is 413 g/mol. The van der Waals surface area contributed by atoms with Gasteiger partial charge in [0, 0.05) is 43.6 Å². The maximum absolute atomic E-state index is 12.2. The number of benzene rings is 1. The largest absolute Gasteiger partial charge is 0.370 e. The fourth-order valence-corrected chi connectivity index (χ4v) is 4.48. The van der Waals surface area contributed by atoms with Gasteiger partial charge in [-0.15, -0.1) is 0 Å². The van der Waals surface area contributed by atoms with Crippen LogP contribution in [-0.2, 0) is 22.5 Å². The quantitative estimate of drug-likeness (QED) is 0.786. The van der Waals surface area contributed by atoms with Crippen LogP contribution in [0.1, 0.15) is 36.8 Å². The summed E-state index contributed by atoms with van der Waals surface area (Å²) in [4.78, 5) is 18.9. The van der Waals surface area contributed by atoms with Crippen molar-refractivity contribution in [2.24, 2.45) is 0 Å². The summed E-state index contributed by atoms with van der Waals surface area (Å²) in [6.07, 6.45) is 8.47. The zero-order valence-corrected chi connectivity index (χ0v) is 17.4. The van der Waals surface area contributed by atoms with E-state index in [-0.39, 0.29) is 17.6 Å². The molecule has 0 aliphatic carbocycles. The summed E-state index contributed by atoms with van der Waals surface area (Å²) in [5.74, 6) is 0.0307. The molecular formula is C23H28ClN3O2. The lowest BCUT2D eigenvalue weighted by Crippen LogP contribution is -2.45. The summed E-state index contributed by atoms with van der Waals surface area (Å²) in [7, 11) is 0. The summed E-state index contributed by atoms with van der Waals surface area (Å²) >= 11 is 5.89. The van der Waals surface area contributed by atoms with E-state index in [1.165, 1.54) is 5.56 Å². The van der Waals surface area contributed by atoms with Gasteiger partial charge >= 0.3 is 0 Å². The molecule has 4 rings (SSSR count). The lowest BCUT2D eigenvalue weighted by molar-refractivity contribution is -0.122. The van der Waals surface area contributed by atoms with Crippen molar-refractivity contribution in [3.8, 4) is 0 Å². The van der Waals surface area contributed by atoms with Crippen molar-refractivity contribution in [2.45, 2.75) is 50.4 Å². The summed E-state index contributed by atoms with van der Waals surface area (Å²) in [6, 6.07) is 11.5. The number of carbonyl (C=O) groups is 1. The molecule has 2 saturated heterocycles. The molecule has 0 saturated carbocycles. The van der Waals surface area contributed by atoms with Gasteiger partial charge in [0.2, 0.25) is 5.91 Å². The molecule has 5 nitrogen and oxygen atoms in total. The number of hydrogen-bond donors (Lipinski definition) is 1. The second kappa shape index (κ2) is 9.24. The lowest BCUT2D eigenvalue weighted by Gasteiger charge is -2.39. The molecule has 1 N–H and O–H groups in total. The third-order valence-corrected chi connectivity index (χ3v) is 6.29. The van der Waals surface area contributed by atoms with Gasteiger partial charge in [0.15, 0.2) is 0 Å². The second-order valence-corrected chi connectivity index (χ2v) is 8.64. The van der Waals surface area contributed by atoms with Gasteiger partial charge in [0.05, 0.1) is 18.1 Å². The molecule has 6 heteroatoms. The number of aromatic nitrogens is 1. The summed E-state index contributed by atoms with van der Waals surface area (Å²) < 4.78 is 6.43. The van der Waals surface area contributed by atoms with E-state index in [2.05, 4.69) is 21.3 Å². The van der Waals surface area contributed by atoms with Gasteiger partial charge in [-0.25, -0.2) is 0 Å². The second-order valence-electron chi connectivity index (χ2n) is 8.21. The molecule has 1 aromatic carbocycles. The molecule has 2 fully saturated rings. The number of likely N-dealkylation sites (tertiary alicyclic amines) is 1. The fourth-order valence-electron chi connectivity index (χ4n) is 4.35. The molecule has 1 amide bonds. The number of piperidine rings is 1. The van der Waals surface area contributed by atoms with Crippen molar-refractivity contribution in [3.63, 3.8) is 0 Å². The molecule has 1 aromatic heterocycles. The summed E-state index contributed by atoms with van der Waals surface area (Å²) in [6.45, 7) is 3.64. The highest BCUT2D eigenvalue weighted by Gasteiger charge is 2.42. The molecule has 0 radical (unpaired) electrons. The normalized spacial score (nSPS) is 21.3. The average molecular weight is 414 g/mol. The molecule has 3 heterocycles. The molecule has 0 bridgehead atoms. The Kier molecular flexibility index (Phi) is 6.48. The highest BCUT2D eigenvalue weighted by atomic mass is 35.5. The smallest absolute Gasteiger partial charge is 0.224 e. The molecular weight excluding hydrogens is 386 g/mol. The number of pyridine rings is 1. The highest BCUT2D eigenvalue weighted by molar-refractivity contribution is 6.30. The Bertz CT molecular complexity index is 805. The number of hydrogen-bond acceptors (Lipinski definition) is 4. The number of nitrogens with one attached hydrogen (secondary N) is 1. The van der Waals surface area contributed by atoms with Crippen molar-refractivity contribution in [2.75, 3.05) is 19.6 Å². The van der Waals surface area contributed by atoms with Crippen LogP contribution < -0.4 is 5.32 Å². The van der Waals surface area contributed by atoms with Crippen molar-refractivity contribution < 1.29 is 9.53 Å². The van der Waals surface area contributed by atoms with E-state index >= 15 is 0 Å². The van der Waals surface area contributed by atoms with Gasteiger partial charge < -0.3 is 10.1 Å². The predicted molar refractivity (Wildman–Crippen MR) is 114 cm³/mol. The Labute approximate surface area is 177 Å². The Hall–Kier alpha value is -1.95. The van der Waals surface area contributed by atoms with Crippen molar-refractivity contribution in [1.29, 1.82) is 0 Å². The minimum atomic E-state index is -0.00297. The number of nitrogens with zero attached hydrogens (tertiary/aromatic N) is 2. The molecule has 2 aliphatic heterocycles. The third-order valence-electron chi connectivity index (χ3n) is 6.04. The Morgan fingerprint density at radius 2 is 1.97 bits per heavy atom. The van der Waals surface area contributed by atoms with E-state index in [0.717, 1.165) is 50.9 Å². The lowest BCUT2D eigenvalue weighted by atomic mass is 9.88.